The van der Waals surface area contributed by atoms with Crippen molar-refractivity contribution in [2.45, 2.75) is 44.2 Å². The van der Waals surface area contributed by atoms with E-state index in [0.717, 1.165) is 37.2 Å². The molecule has 0 aliphatic carbocycles. The zero-order valence-corrected chi connectivity index (χ0v) is 12.0. The molecule has 0 aromatic heterocycles. The molecule has 3 aliphatic heterocycles. The minimum Gasteiger partial charge on any atom is -0.492 e. The van der Waals surface area contributed by atoms with Crippen LogP contribution in [-0.2, 0) is 6.42 Å². The molecular formula is C17H21NO2. The topological polar surface area (TPSA) is 29.5 Å². The monoisotopic (exact) mass is 271 g/mol. The zero-order valence-electron chi connectivity index (χ0n) is 12.0. The Morgan fingerprint density at radius 1 is 1.25 bits per heavy atom. The van der Waals surface area contributed by atoms with Gasteiger partial charge in [-0.15, -0.1) is 0 Å². The second-order valence-electron chi connectivity index (χ2n) is 6.48. The van der Waals surface area contributed by atoms with Crippen molar-refractivity contribution in [3.63, 3.8) is 0 Å². The summed E-state index contributed by atoms with van der Waals surface area (Å²) < 4.78 is 5.70. The van der Waals surface area contributed by atoms with E-state index in [1.54, 1.807) is 0 Å². The molecule has 0 spiro atoms. The Bertz CT molecular complexity index is 540. The smallest absolute Gasteiger partial charge is 0.169 e. The maximum atomic E-state index is 12.9. The summed E-state index contributed by atoms with van der Waals surface area (Å²) >= 11 is 0. The van der Waals surface area contributed by atoms with Gasteiger partial charge in [0, 0.05) is 24.4 Å². The SMILES string of the molecule is CN1C2CCC1CC(C(=O)c1cccc3c1OCC3)C2. The largest absolute Gasteiger partial charge is 0.492 e. The molecule has 2 atom stereocenters. The highest BCUT2D eigenvalue weighted by Crippen LogP contribution is 2.40. The third-order valence-corrected chi connectivity index (χ3v) is 5.45. The number of para-hydroxylation sites is 1. The molecule has 106 valence electrons. The van der Waals surface area contributed by atoms with Gasteiger partial charge in [0.25, 0.3) is 0 Å². The summed E-state index contributed by atoms with van der Waals surface area (Å²) in [5.74, 6) is 1.37. The highest BCUT2D eigenvalue weighted by Gasteiger charge is 2.41. The van der Waals surface area contributed by atoms with Crippen LogP contribution >= 0.6 is 0 Å². The Morgan fingerprint density at radius 2 is 2.00 bits per heavy atom. The van der Waals surface area contributed by atoms with Crippen LogP contribution in [0.3, 0.4) is 0 Å². The molecule has 0 saturated carbocycles. The van der Waals surface area contributed by atoms with Crippen molar-refractivity contribution in [2.24, 2.45) is 5.92 Å². The number of ether oxygens (including phenoxy) is 1. The van der Waals surface area contributed by atoms with Gasteiger partial charge in [0.1, 0.15) is 5.75 Å². The number of rotatable bonds is 2. The van der Waals surface area contributed by atoms with Crippen molar-refractivity contribution in [3.05, 3.63) is 29.3 Å². The molecule has 3 aliphatic rings. The van der Waals surface area contributed by atoms with Crippen molar-refractivity contribution >= 4 is 5.78 Å². The fourth-order valence-electron chi connectivity index (χ4n) is 4.25. The van der Waals surface area contributed by atoms with E-state index in [4.69, 9.17) is 4.74 Å². The molecule has 0 amide bonds. The van der Waals surface area contributed by atoms with E-state index in [1.165, 1.54) is 18.4 Å². The molecule has 3 heteroatoms. The number of fused-ring (bicyclic) bond motifs is 3. The first-order valence-electron chi connectivity index (χ1n) is 7.75. The third kappa shape index (κ3) is 1.80. The summed E-state index contributed by atoms with van der Waals surface area (Å²) in [5, 5.41) is 0. The Morgan fingerprint density at radius 3 is 2.75 bits per heavy atom. The average Bonchev–Trinajstić information content (AvgIpc) is 2.99. The second kappa shape index (κ2) is 4.59. The molecule has 0 N–H and O–H groups in total. The van der Waals surface area contributed by atoms with Crippen LogP contribution in [-0.4, -0.2) is 36.4 Å². The molecule has 3 nitrogen and oxygen atoms in total. The Kier molecular flexibility index (Phi) is 2.84. The van der Waals surface area contributed by atoms with Gasteiger partial charge >= 0.3 is 0 Å². The first-order chi connectivity index (χ1) is 9.74. The second-order valence-corrected chi connectivity index (χ2v) is 6.48. The average molecular weight is 271 g/mol. The number of ketones is 1. The molecule has 0 radical (unpaired) electrons. The van der Waals surface area contributed by atoms with E-state index in [0.29, 0.717) is 17.9 Å². The lowest BCUT2D eigenvalue weighted by molar-refractivity contribution is 0.0764. The summed E-state index contributed by atoms with van der Waals surface area (Å²) in [4.78, 5) is 15.4. The first kappa shape index (κ1) is 12.4. The van der Waals surface area contributed by atoms with Crippen LogP contribution in [0.15, 0.2) is 18.2 Å². The predicted octanol–water partition coefficient (Wildman–Crippen LogP) is 2.68. The van der Waals surface area contributed by atoms with Gasteiger partial charge in [-0.2, -0.15) is 0 Å². The van der Waals surface area contributed by atoms with Crippen molar-refractivity contribution in [1.29, 1.82) is 0 Å². The lowest BCUT2D eigenvalue weighted by Gasteiger charge is -2.35. The lowest BCUT2D eigenvalue weighted by atomic mass is 9.84. The van der Waals surface area contributed by atoms with Crippen molar-refractivity contribution < 1.29 is 9.53 Å². The molecule has 4 rings (SSSR count). The van der Waals surface area contributed by atoms with Crippen LogP contribution in [0, 0.1) is 5.92 Å². The van der Waals surface area contributed by atoms with E-state index in [1.807, 2.05) is 12.1 Å². The first-order valence-corrected chi connectivity index (χ1v) is 7.75. The molecule has 2 unspecified atom stereocenters. The number of hydrogen-bond donors (Lipinski definition) is 0. The van der Waals surface area contributed by atoms with Gasteiger partial charge in [0.2, 0.25) is 0 Å². The molecule has 3 heterocycles. The number of hydrogen-bond acceptors (Lipinski definition) is 3. The van der Waals surface area contributed by atoms with Gasteiger partial charge in [-0.1, -0.05) is 12.1 Å². The van der Waals surface area contributed by atoms with Gasteiger partial charge in [-0.25, -0.2) is 0 Å². The Hall–Kier alpha value is -1.35. The molecule has 20 heavy (non-hydrogen) atoms. The number of Topliss-reactive ketones (excluding diaryl/α,β-unsaturated/α-hetero) is 1. The third-order valence-electron chi connectivity index (χ3n) is 5.45. The molecule has 2 bridgehead atoms. The summed E-state index contributed by atoms with van der Waals surface area (Å²) in [6.45, 7) is 0.721. The van der Waals surface area contributed by atoms with E-state index >= 15 is 0 Å². The van der Waals surface area contributed by atoms with E-state index in [9.17, 15) is 4.79 Å². The summed E-state index contributed by atoms with van der Waals surface area (Å²) in [6, 6.07) is 7.26. The van der Waals surface area contributed by atoms with Gasteiger partial charge in [0.05, 0.1) is 12.2 Å². The molecule has 1 aromatic rings. The van der Waals surface area contributed by atoms with Crippen LogP contribution in [0.25, 0.3) is 0 Å². The number of carbonyl (C=O) groups is 1. The molecule has 2 fully saturated rings. The molecule has 2 saturated heterocycles. The highest BCUT2D eigenvalue weighted by atomic mass is 16.5. The fraction of sp³-hybridized carbons (Fsp3) is 0.588. The van der Waals surface area contributed by atoms with E-state index in [2.05, 4.69) is 18.0 Å². The fourth-order valence-corrected chi connectivity index (χ4v) is 4.25. The Balaban J connectivity index is 1.61. The number of piperidine rings is 1. The van der Waals surface area contributed by atoms with Gasteiger partial charge in [-0.3, -0.25) is 4.79 Å². The maximum Gasteiger partial charge on any atom is 0.169 e. The summed E-state index contributed by atoms with van der Waals surface area (Å²) in [5.41, 5.74) is 2.03. The number of carbonyl (C=O) groups excluding carboxylic acids is 1. The minimum absolute atomic E-state index is 0.194. The molecule has 1 aromatic carbocycles. The van der Waals surface area contributed by atoms with Crippen molar-refractivity contribution in [2.75, 3.05) is 13.7 Å². The number of benzene rings is 1. The molecular weight excluding hydrogens is 250 g/mol. The highest BCUT2D eigenvalue weighted by molar-refractivity contribution is 6.01. The summed E-state index contributed by atoms with van der Waals surface area (Å²) in [7, 11) is 2.21. The van der Waals surface area contributed by atoms with Gasteiger partial charge < -0.3 is 9.64 Å². The van der Waals surface area contributed by atoms with Gasteiger partial charge in [0.15, 0.2) is 5.78 Å². The van der Waals surface area contributed by atoms with Crippen LogP contribution in [0.2, 0.25) is 0 Å². The van der Waals surface area contributed by atoms with Crippen molar-refractivity contribution in [1.82, 2.24) is 4.90 Å². The predicted molar refractivity (Wildman–Crippen MR) is 77.3 cm³/mol. The zero-order chi connectivity index (χ0) is 13.7. The van der Waals surface area contributed by atoms with Crippen LogP contribution in [0.5, 0.6) is 5.75 Å². The van der Waals surface area contributed by atoms with Gasteiger partial charge in [-0.05, 0) is 44.4 Å². The van der Waals surface area contributed by atoms with Crippen LogP contribution in [0.4, 0.5) is 0 Å². The van der Waals surface area contributed by atoms with Crippen LogP contribution in [0.1, 0.15) is 41.6 Å². The standard InChI is InChI=1S/C17H21NO2/c1-18-13-5-6-14(18)10-12(9-13)16(19)15-4-2-3-11-7-8-20-17(11)15/h2-4,12-14H,5-10H2,1H3. The summed E-state index contributed by atoms with van der Waals surface area (Å²) in [6.07, 6.45) is 5.50. The van der Waals surface area contributed by atoms with E-state index < -0.39 is 0 Å². The van der Waals surface area contributed by atoms with Crippen molar-refractivity contribution in [3.8, 4) is 5.75 Å². The van der Waals surface area contributed by atoms with Crippen LogP contribution < -0.4 is 4.74 Å². The minimum atomic E-state index is 0.194. The lowest BCUT2D eigenvalue weighted by Crippen LogP contribution is -2.42. The quantitative estimate of drug-likeness (QED) is 0.775. The number of nitrogens with zero attached hydrogens (tertiary/aromatic N) is 1. The van der Waals surface area contributed by atoms with E-state index in [-0.39, 0.29) is 5.92 Å². The maximum absolute atomic E-state index is 12.9. The normalized spacial score (nSPS) is 31.9. The Labute approximate surface area is 119 Å².